The maximum Gasteiger partial charge on any atom is 0.302 e. The standard InChI is InChI=1S/C6H11N3O3S/c10-13(11,9-3-1-4-9)8-6-2-5-12-7-6/h1-5H2,(H,7,8). The van der Waals surface area contributed by atoms with Crippen LogP contribution in [0.25, 0.3) is 0 Å². The van der Waals surface area contributed by atoms with Crippen LogP contribution in [-0.4, -0.2) is 38.3 Å². The van der Waals surface area contributed by atoms with Gasteiger partial charge in [0.2, 0.25) is 0 Å². The number of nitrogens with one attached hydrogen (secondary N) is 1. The molecule has 2 aliphatic rings. The highest BCUT2D eigenvalue weighted by molar-refractivity contribution is 7.87. The average Bonchev–Trinajstić information content (AvgIpc) is 2.32. The van der Waals surface area contributed by atoms with Gasteiger partial charge >= 0.3 is 10.2 Å². The molecule has 0 bridgehead atoms. The quantitative estimate of drug-likeness (QED) is 0.645. The van der Waals surface area contributed by atoms with Gasteiger partial charge in [-0.05, 0) is 6.42 Å². The Kier molecular flexibility index (Phi) is 2.12. The molecule has 1 fully saturated rings. The van der Waals surface area contributed by atoms with Crippen molar-refractivity contribution in [2.75, 3.05) is 19.7 Å². The lowest BCUT2D eigenvalue weighted by molar-refractivity contribution is 0.173. The van der Waals surface area contributed by atoms with Crippen LogP contribution in [0.4, 0.5) is 0 Å². The van der Waals surface area contributed by atoms with Crippen LogP contribution in [0.15, 0.2) is 5.16 Å². The van der Waals surface area contributed by atoms with Crippen molar-refractivity contribution >= 4 is 16.0 Å². The second-order valence-electron chi connectivity index (χ2n) is 2.98. The van der Waals surface area contributed by atoms with Crippen LogP contribution in [0, 0.1) is 0 Å². The summed E-state index contributed by atoms with van der Waals surface area (Å²) in [5, 5.41) is 3.56. The Morgan fingerprint density at radius 3 is 2.69 bits per heavy atom. The lowest BCUT2D eigenvalue weighted by Crippen LogP contribution is -2.49. The SMILES string of the molecule is O=S(=O)(NC1=NOCC1)N1CCC1. The molecule has 6 nitrogen and oxygen atoms in total. The molecule has 0 amide bonds. The summed E-state index contributed by atoms with van der Waals surface area (Å²) in [7, 11) is -3.33. The zero-order valence-corrected chi connectivity index (χ0v) is 7.88. The molecule has 0 aromatic heterocycles. The third kappa shape index (κ3) is 1.75. The highest BCUT2D eigenvalue weighted by atomic mass is 32.2. The molecule has 7 heteroatoms. The fraction of sp³-hybridized carbons (Fsp3) is 0.833. The molecule has 74 valence electrons. The Bertz CT molecular complexity index is 320. The van der Waals surface area contributed by atoms with E-state index in [0.29, 0.717) is 32.0 Å². The van der Waals surface area contributed by atoms with Crippen LogP contribution < -0.4 is 4.72 Å². The highest BCUT2D eigenvalue weighted by Crippen LogP contribution is 2.11. The van der Waals surface area contributed by atoms with Crippen LogP contribution in [0.2, 0.25) is 0 Å². The van der Waals surface area contributed by atoms with E-state index in [0.717, 1.165) is 6.42 Å². The van der Waals surface area contributed by atoms with Crippen LogP contribution in [0.3, 0.4) is 0 Å². The van der Waals surface area contributed by atoms with Gasteiger partial charge in [-0.3, -0.25) is 4.72 Å². The Labute approximate surface area is 76.7 Å². The lowest BCUT2D eigenvalue weighted by Gasteiger charge is -2.29. The Hall–Kier alpha value is -0.820. The van der Waals surface area contributed by atoms with Gasteiger partial charge in [0.15, 0.2) is 5.84 Å². The van der Waals surface area contributed by atoms with Crippen LogP contribution in [-0.2, 0) is 15.0 Å². The minimum Gasteiger partial charge on any atom is -0.394 e. The first kappa shape index (κ1) is 8.76. The maximum atomic E-state index is 11.4. The van der Waals surface area contributed by atoms with Crippen molar-refractivity contribution < 1.29 is 13.3 Å². The molecular formula is C6H11N3O3S. The number of amidine groups is 1. The van der Waals surface area contributed by atoms with E-state index in [-0.39, 0.29) is 0 Å². The third-order valence-electron chi connectivity index (χ3n) is 2.01. The summed E-state index contributed by atoms with van der Waals surface area (Å²) < 4.78 is 26.7. The topological polar surface area (TPSA) is 71.0 Å². The second kappa shape index (κ2) is 3.15. The number of hydrogen-bond acceptors (Lipinski definition) is 4. The Morgan fingerprint density at radius 2 is 2.23 bits per heavy atom. The summed E-state index contributed by atoms with van der Waals surface area (Å²) in [5.41, 5.74) is 0. The largest absolute Gasteiger partial charge is 0.394 e. The van der Waals surface area contributed by atoms with E-state index in [4.69, 9.17) is 0 Å². The lowest BCUT2D eigenvalue weighted by atomic mass is 10.3. The summed E-state index contributed by atoms with van der Waals surface area (Å²) >= 11 is 0. The van der Waals surface area contributed by atoms with Crippen molar-refractivity contribution in [2.24, 2.45) is 5.16 Å². The van der Waals surface area contributed by atoms with Gasteiger partial charge in [0, 0.05) is 19.5 Å². The van der Waals surface area contributed by atoms with Crippen molar-refractivity contribution in [1.82, 2.24) is 9.03 Å². The smallest absolute Gasteiger partial charge is 0.302 e. The Morgan fingerprint density at radius 1 is 1.46 bits per heavy atom. The first-order valence-corrected chi connectivity index (χ1v) is 5.59. The average molecular weight is 205 g/mol. The van der Waals surface area contributed by atoms with E-state index in [1.165, 1.54) is 4.31 Å². The predicted octanol–water partition coefficient (Wildman–Crippen LogP) is -0.740. The molecule has 0 aliphatic carbocycles. The molecule has 0 aromatic carbocycles. The summed E-state index contributed by atoms with van der Waals surface area (Å²) in [6.45, 7) is 1.66. The van der Waals surface area contributed by atoms with Gasteiger partial charge in [-0.1, -0.05) is 5.16 Å². The Balaban J connectivity index is 1.99. The molecule has 0 radical (unpaired) electrons. The molecule has 0 spiro atoms. The van der Waals surface area contributed by atoms with Crippen molar-refractivity contribution in [3.05, 3.63) is 0 Å². The number of hydrogen-bond donors (Lipinski definition) is 1. The summed E-state index contributed by atoms with van der Waals surface area (Å²) in [6.07, 6.45) is 1.47. The minimum absolute atomic E-state index is 0.395. The minimum atomic E-state index is -3.33. The monoisotopic (exact) mass is 205 g/mol. The maximum absolute atomic E-state index is 11.4. The molecule has 2 rings (SSSR count). The van der Waals surface area contributed by atoms with E-state index in [1.54, 1.807) is 0 Å². The molecule has 1 saturated heterocycles. The van der Waals surface area contributed by atoms with E-state index < -0.39 is 10.2 Å². The molecule has 1 N–H and O–H groups in total. The van der Waals surface area contributed by atoms with Gasteiger partial charge in [-0.25, -0.2) is 0 Å². The van der Waals surface area contributed by atoms with Crippen molar-refractivity contribution in [2.45, 2.75) is 12.8 Å². The zero-order chi connectivity index (χ0) is 9.31. The van der Waals surface area contributed by atoms with Crippen LogP contribution >= 0.6 is 0 Å². The fourth-order valence-corrected chi connectivity index (χ4v) is 2.43. The van der Waals surface area contributed by atoms with Crippen molar-refractivity contribution in [3.8, 4) is 0 Å². The summed E-state index contributed by atoms with van der Waals surface area (Å²) in [4.78, 5) is 4.68. The van der Waals surface area contributed by atoms with E-state index in [9.17, 15) is 8.42 Å². The van der Waals surface area contributed by atoms with Gasteiger partial charge in [-0.2, -0.15) is 12.7 Å². The molecular weight excluding hydrogens is 194 g/mol. The number of nitrogens with zero attached hydrogens (tertiary/aromatic N) is 2. The zero-order valence-electron chi connectivity index (χ0n) is 7.06. The predicted molar refractivity (Wildman–Crippen MR) is 46.2 cm³/mol. The second-order valence-corrected chi connectivity index (χ2v) is 4.65. The van der Waals surface area contributed by atoms with Crippen molar-refractivity contribution in [1.29, 1.82) is 0 Å². The summed E-state index contributed by atoms with van der Waals surface area (Å²) in [5.74, 6) is 0.395. The third-order valence-corrected chi connectivity index (χ3v) is 3.55. The fourth-order valence-electron chi connectivity index (χ4n) is 1.12. The number of oxime groups is 1. The van der Waals surface area contributed by atoms with E-state index in [1.807, 2.05) is 0 Å². The van der Waals surface area contributed by atoms with Gasteiger partial charge in [-0.15, -0.1) is 0 Å². The molecule has 13 heavy (non-hydrogen) atoms. The van der Waals surface area contributed by atoms with E-state index >= 15 is 0 Å². The van der Waals surface area contributed by atoms with Gasteiger partial charge in [0.1, 0.15) is 6.61 Å². The molecule has 2 aliphatic heterocycles. The normalized spacial score (nSPS) is 23.2. The molecule has 0 unspecified atom stereocenters. The van der Waals surface area contributed by atoms with Crippen LogP contribution in [0.1, 0.15) is 12.8 Å². The van der Waals surface area contributed by atoms with Gasteiger partial charge in [0.25, 0.3) is 0 Å². The first-order chi connectivity index (χ1) is 6.18. The van der Waals surface area contributed by atoms with Crippen molar-refractivity contribution in [3.63, 3.8) is 0 Å². The highest BCUT2D eigenvalue weighted by Gasteiger charge is 2.29. The summed E-state index contributed by atoms with van der Waals surface area (Å²) in [6, 6.07) is 0. The molecule has 0 aromatic rings. The van der Waals surface area contributed by atoms with Gasteiger partial charge < -0.3 is 4.84 Å². The van der Waals surface area contributed by atoms with Crippen LogP contribution in [0.5, 0.6) is 0 Å². The molecule has 2 heterocycles. The number of rotatable bonds is 2. The van der Waals surface area contributed by atoms with E-state index in [2.05, 4.69) is 14.7 Å². The van der Waals surface area contributed by atoms with Gasteiger partial charge in [0.05, 0.1) is 0 Å². The first-order valence-electron chi connectivity index (χ1n) is 4.15. The molecule has 0 saturated carbocycles. The molecule has 0 atom stereocenters.